The van der Waals surface area contributed by atoms with E-state index in [2.05, 4.69) is 24.3 Å². The fourth-order valence-electron chi connectivity index (χ4n) is 3.28. The quantitative estimate of drug-likeness (QED) is 0.805. The number of hydrogen-bond acceptors (Lipinski definition) is 5. The molecule has 118 valence electrons. The van der Waals surface area contributed by atoms with Crippen LogP contribution in [-0.2, 0) is 0 Å². The van der Waals surface area contributed by atoms with Gasteiger partial charge in [-0.05, 0) is 43.9 Å². The van der Waals surface area contributed by atoms with Crippen LogP contribution < -0.4 is 4.90 Å². The molecule has 1 aliphatic rings. The molecule has 1 N–H and O–H groups in total. The standard InChI is InChI=1S/C17H19N5O/c23-14-7-5-13(6-8-14)22(17-18-9-3-10-19-17)16-12-20-15-4-1-2-11-21(15)16/h1-4,9-14,23H,5-8H2. The molecule has 0 unspecified atom stereocenters. The molecule has 1 aliphatic carbocycles. The SMILES string of the molecule is OC1CCC(N(c2ncccn2)c2cnc3ccccn23)CC1. The molecule has 1 fully saturated rings. The lowest BCUT2D eigenvalue weighted by molar-refractivity contribution is 0.123. The first-order valence-electron chi connectivity index (χ1n) is 7.99. The summed E-state index contributed by atoms with van der Waals surface area (Å²) in [5.74, 6) is 1.65. The van der Waals surface area contributed by atoms with Gasteiger partial charge in [0.15, 0.2) is 0 Å². The number of imidazole rings is 1. The zero-order valence-corrected chi connectivity index (χ0v) is 12.8. The Morgan fingerprint density at radius 1 is 1.00 bits per heavy atom. The van der Waals surface area contributed by atoms with Crippen molar-refractivity contribution in [1.29, 1.82) is 0 Å². The van der Waals surface area contributed by atoms with E-state index in [1.54, 1.807) is 12.4 Å². The molecule has 3 aromatic rings. The molecule has 3 aromatic heterocycles. The van der Waals surface area contributed by atoms with E-state index in [-0.39, 0.29) is 12.1 Å². The molecule has 23 heavy (non-hydrogen) atoms. The molecule has 4 rings (SSSR count). The van der Waals surface area contributed by atoms with Crippen molar-refractivity contribution in [2.24, 2.45) is 0 Å². The van der Waals surface area contributed by atoms with Crippen LogP contribution in [0.15, 0.2) is 49.1 Å². The van der Waals surface area contributed by atoms with Crippen molar-refractivity contribution in [3.8, 4) is 0 Å². The summed E-state index contributed by atoms with van der Waals surface area (Å²) in [7, 11) is 0. The summed E-state index contributed by atoms with van der Waals surface area (Å²) >= 11 is 0. The van der Waals surface area contributed by atoms with Crippen LogP contribution in [0.4, 0.5) is 11.8 Å². The first kappa shape index (κ1) is 14.1. The fraction of sp³-hybridized carbons (Fsp3) is 0.353. The van der Waals surface area contributed by atoms with Crippen LogP contribution in [-0.4, -0.2) is 36.6 Å². The third kappa shape index (κ3) is 2.66. The lowest BCUT2D eigenvalue weighted by atomic mass is 9.92. The predicted molar refractivity (Wildman–Crippen MR) is 87.6 cm³/mol. The van der Waals surface area contributed by atoms with Crippen LogP contribution in [0, 0.1) is 0 Å². The molecule has 6 heteroatoms. The van der Waals surface area contributed by atoms with Gasteiger partial charge in [-0.25, -0.2) is 15.0 Å². The van der Waals surface area contributed by atoms with Crippen molar-refractivity contribution in [3.63, 3.8) is 0 Å². The maximum Gasteiger partial charge on any atom is 0.231 e. The van der Waals surface area contributed by atoms with E-state index in [4.69, 9.17) is 0 Å². The van der Waals surface area contributed by atoms with E-state index in [0.717, 1.165) is 37.1 Å². The topological polar surface area (TPSA) is 66.5 Å². The second-order valence-corrected chi connectivity index (χ2v) is 5.93. The molecule has 0 atom stereocenters. The third-order valence-corrected chi connectivity index (χ3v) is 4.44. The summed E-state index contributed by atoms with van der Waals surface area (Å²) < 4.78 is 2.06. The number of fused-ring (bicyclic) bond motifs is 1. The van der Waals surface area contributed by atoms with Crippen molar-refractivity contribution in [3.05, 3.63) is 49.1 Å². The Bertz CT molecular complexity index is 780. The number of rotatable bonds is 3. The van der Waals surface area contributed by atoms with E-state index in [1.807, 2.05) is 36.7 Å². The van der Waals surface area contributed by atoms with Gasteiger partial charge in [0.05, 0.1) is 12.3 Å². The molecular formula is C17H19N5O. The van der Waals surface area contributed by atoms with Crippen LogP contribution in [0.3, 0.4) is 0 Å². The first-order chi connectivity index (χ1) is 11.3. The van der Waals surface area contributed by atoms with Gasteiger partial charge in [0.25, 0.3) is 0 Å². The highest BCUT2D eigenvalue weighted by Crippen LogP contribution is 2.32. The average Bonchev–Trinajstić information content (AvgIpc) is 3.02. The fourth-order valence-corrected chi connectivity index (χ4v) is 3.28. The third-order valence-electron chi connectivity index (χ3n) is 4.44. The zero-order chi connectivity index (χ0) is 15.6. The molecule has 0 bridgehead atoms. The van der Waals surface area contributed by atoms with Crippen molar-refractivity contribution in [1.82, 2.24) is 19.4 Å². The molecule has 0 spiro atoms. The second kappa shape index (κ2) is 5.96. The molecule has 6 nitrogen and oxygen atoms in total. The summed E-state index contributed by atoms with van der Waals surface area (Å²) in [6, 6.07) is 8.04. The van der Waals surface area contributed by atoms with Crippen LogP contribution in [0.2, 0.25) is 0 Å². The Kier molecular flexibility index (Phi) is 3.67. The molecule has 1 saturated carbocycles. The summed E-state index contributed by atoms with van der Waals surface area (Å²) in [5, 5.41) is 9.81. The van der Waals surface area contributed by atoms with Gasteiger partial charge < -0.3 is 5.11 Å². The number of anilines is 2. The first-order valence-corrected chi connectivity index (χ1v) is 7.99. The number of nitrogens with zero attached hydrogens (tertiary/aromatic N) is 5. The van der Waals surface area contributed by atoms with Gasteiger partial charge in [0.2, 0.25) is 5.95 Å². The Hall–Kier alpha value is -2.47. The molecule has 0 aliphatic heterocycles. The summed E-state index contributed by atoms with van der Waals surface area (Å²) in [6.45, 7) is 0. The average molecular weight is 309 g/mol. The van der Waals surface area contributed by atoms with Gasteiger partial charge in [-0.1, -0.05) is 6.07 Å². The number of aliphatic hydroxyl groups is 1. The van der Waals surface area contributed by atoms with Gasteiger partial charge in [0, 0.05) is 24.6 Å². The highest BCUT2D eigenvalue weighted by atomic mass is 16.3. The van der Waals surface area contributed by atoms with Crippen LogP contribution in [0.5, 0.6) is 0 Å². The van der Waals surface area contributed by atoms with Gasteiger partial charge in [-0.15, -0.1) is 0 Å². The molecular weight excluding hydrogens is 290 g/mol. The minimum absolute atomic E-state index is 0.188. The number of pyridine rings is 1. The summed E-state index contributed by atoms with van der Waals surface area (Å²) in [6.07, 6.45) is 10.7. The molecule has 0 amide bonds. The van der Waals surface area contributed by atoms with Crippen molar-refractivity contribution in [2.75, 3.05) is 4.90 Å². The van der Waals surface area contributed by atoms with Crippen molar-refractivity contribution in [2.45, 2.75) is 37.8 Å². The Balaban J connectivity index is 1.79. The number of aromatic nitrogens is 4. The predicted octanol–water partition coefficient (Wildman–Crippen LogP) is 2.57. The lowest BCUT2D eigenvalue weighted by Crippen LogP contribution is -2.37. The van der Waals surface area contributed by atoms with Crippen LogP contribution in [0.1, 0.15) is 25.7 Å². The molecule has 0 saturated heterocycles. The highest BCUT2D eigenvalue weighted by molar-refractivity contribution is 5.59. The van der Waals surface area contributed by atoms with Gasteiger partial charge >= 0.3 is 0 Å². The van der Waals surface area contributed by atoms with E-state index in [1.165, 1.54) is 0 Å². The van der Waals surface area contributed by atoms with Gasteiger partial charge in [0.1, 0.15) is 11.5 Å². The van der Waals surface area contributed by atoms with E-state index >= 15 is 0 Å². The number of hydrogen-bond donors (Lipinski definition) is 1. The number of aliphatic hydroxyl groups excluding tert-OH is 1. The van der Waals surface area contributed by atoms with Gasteiger partial charge in [-0.3, -0.25) is 9.30 Å². The minimum atomic E-state index is -0.188. The van der Waals surface area contributed by atoms with Crippen LogP contribution in [0.25, 0.3) is 5.65 Å². The normalized spacial score (nSPS) is 21.4. The molecule has 0 aromatic carbocycles. The molecule has 0 radical (unpaired) electrons. The Morgan fingerprint density at radius 2 is 1.78 bits per heavy atom. The highest BCUT2D eigenvalue weighted by Gasteiger charge is 2.29. The lowest BCUT2D eigenvalue weighted by Gasteiger charge is -2.35. The summed E-state index contributed by atoms with van der Waals surface area (Å²) in [5.41, 5.74) is 0.902. The molecule has 3 heterocycles. The minimum Gasteiger partial charge on any atom is -0.393 e. The van der Waals surface area contributed by atoms with Crippen LogP contribution >= 0.6 is 0 Å². The largest absolute Gasteiger partial charge is 0.393 e. The Morgan fingerprint density at radius 3 is 2.57 bits per heavy atom. The van der Waals surface area contributed by atoms with Gasteiger partial charge in [-0.2, -0.15) is 0 Å². The van der Waals surface area contributed by atoms with Crippen molar-refractivity contribution >= 4 is 17.4 Å². The monoisotopic (exact) mass is 309 g/mol. The van der Waals surface area contributed by atoms with E-state index in [9.17, 15) is 5.11 Å². The smallest absolute Gasteiger partial charge is 0.231 e. The van der Waals surface area contributed by atoms with E-state index in [0.29, 0.717) is 5.95 Å². The van der Waals surface area contributed by atoms with Crippen molar-refractivity contribution < 1.29 is 5.11 Å². The van der Waals surface area contributed by atoms with E-state index < -0.39 is 0 Å². The Labute approximate surface area is 134 Å². The maximum absolute atomic E-state index is 9.81. The second-order valence-electron chi connectivity index (χ2n) is 5.93. The summed E-state index contributed by atoms with van der Waals surface area (Å²) in [4.78, 5) is 15.5. The maximum atomic E-state index is 9.81. The zero-order valence-electron chi connectivity index (χ0n) is 12.8.